The van der Waals surface area contributed by atoms with E-state index in [1.54, 1.807) is 4.90 Å². The fourth-order valence-electron chi connectivity index (χ4n) is 2.68. The Morgan fingerprint density at radius 3 is 2.38 bits per heavy atom. The van der Waals surface area contributed by atoms with Gasteiger partial charge in [0.1, 0.15) is 4.92 Å². The average Bonchev–Trinajstić information content (AvgIpc) is 3.17. The second-order valence-corrected chi connectivity index (χ2v) is 5.67. The Morgan fingerprint density at radius 1 is 1.08 bits per heavy atom. The summed E-state index contributed by atoms with van der Waals surface area (Å²) in [6, 6.07) is 12.1. The van der Waals surface area contributed by atoms with Crippen molar-refractivity contribution in [2.45, 2.75) is 0 Å². The molecule has 26 heavy (non-hydrogen) atoms. The lowest BCUT2D eigenvalue weighted by atomic mass is 10.2. The monoisotopic (exact) mass is 359 g/mol. The van der Waals surface area contributed by atoms with E-state index >= 15 is 0 Å². The van der Waals surface area contributed by atoms with Gasteiger partial charge in [-0.15, -0.1) is 0 Å². The van der Waals surface area contributed by atoms with E-state index in [1.807, 2.05) is 30.3 Å². The number of carbonyl (C=O) groups excluding carboxylic acids is 2. The van der Waals surface area contributed by atoms with Crippen LogP contribution in [-0.2, 0) is 9.53 Å². The summed E-state index contributed by atoms with van der Waals surface area (Å²) >= 11 is 0. The van der Waals surface area contributed by atoms with Crippen LogP contribution in [0.25, 0.3) is 0 Å². The first-order valence-electron chi connectivity index (χ1n) is 8.04. The molecule has 1 aromatic heterocycles. The SMILES string of the molecule is O=C(OCC(=O)N1CCN(c2ccccc2)CC1)c1ccc([N+](=O)[O-])o1. The third-order valence-electron chi connectivity index (χ3n) is 4.05. The van der Waals surface area contributed by atoms with Gasteiger partial charge in [0.15, 0.2) is 6.61 Å². The summed E-state index contributed by atoms with van der Waals surface area (Å²) < 4.78 is 9.63. The Morgan fingerprint density at radius 2 is 1.77 bits per heavy atom. The summed E-state index contributed by atoms with van der Waals surface area (Å²) in [5, 5.41) is 10.5. The zero-order valence-corrected chi connectivity index (χ0v) is 13.9. The highest BCUT2D eigenvalue weighted by atomic mass is 16.7. The highest BCUT2D eigenvalue weighted by molar-refractivity contribution is 5.89. The van der Waals surface area contributed by atoms with Crippen LogP contribution in [0.4, 0.5) is 11.6 Å². The maximum absolute atomic E-state index is 12.2. The minimum absolute atomic E-state index is 0.307. The van der Waals surface area contributed by atoms with Crippen LogP contribution in [-0.4, -0.2) is 54.5 Å². The largest absolute Gasteiger partial charge is 0.450 e. The summed E-state index contributed by atoms with van der Waals surface area (Å²) in [5.74, 6) is -2.08. The van der Waals surface area contributed by atoms with Crippen LogP contribution in [0.1, 0.15) is 10.6 Å². The number of para-hydroxylation sites is 1. The van der Waals surface area contributed by atoms with E-state index in [1.165, 1.54) is 0 Å². The molecule has 0 unspecified atom stereocenters. The average molecular weight is 359 g/mol. The highest BCUT2D eigenvalue weighted by Crippen LogP contribution is 2.17. The number of amides is 1. The van der Waals surface area contributed by atoms with Crippen molar-refractivity contribution >= 4 is 23.4 Å². The molecular formula is C17H17N3O6. The lowest BCUT2D eigenvalue weighted by Gasteiger charge is -2.36. The Bertz CT molecular complexity index is 796. The van der Waals surface area contributed by atoms with Gasteiger partial charge in [0.2, 0.25) is 5.76 Å². The molecule has 0 radical (unpaired) electrons. The number of esters is 1. The third-order valence-corrected chi connectivity index (χ3v) is 4.05. The van der Waals surface area contributed by atoms with Crippen molar-refractivity contribution < 1.29 is 23.7 Å². The number of furan rings is 1. The van der Waals surface area contributed by atoms with E-state index < -0.39 is 23.4 Å². The van der Waals surface area contributed by atoms with Crippen molar-refractivity contribution in [3.05, 3.63) is 58.3 Å². The van der Waals surface area contributed by atoms with Gasteiger partial charge < -0.3 is 19.0 Å². The Hall–Kier alpha value is -3.36. The molecule has 9 nitrogen and oxygen atoms in total. The van der Waals surface area contributed by atoms with Crippen LogP contribution >= 0.6 is 0 Å². The van der Waals surface area contributed by atoms with E-state index in [9.17, 15) is 19.7 Å². The topological polar surface area (TPSA) is 106 Å². The number of ether oxygens (including phenoxy) is 1. The van der Waals surface area contributed by atoms with Gasteiger partial charge >= 0.3 is 11.9 Å². The molecule has 0 atom stereocenters. The zero-order chi connectivity index (χ0) is 18.5. The minimum atomic E-state index is -0.908. The highest BCUT2D eigenvalue weighted by Gasteiger charge is 2.24. The molecule has 3 rings (SSSR count). The Kier molecular flexibility index (Phi) is 5.16. The normalized spacial score (nSPS) is 14.2. The minimum Gasteiger partial charge on any atom is -0.450 e. The molecule has 2 heterocycles. The molecule has 1 fully saturated rings. The van der Waals surface area contributed by atoms with E-state index in [0.29, 0.717) is 26.2 Å². The molecule has 2 aromatic rings. The van der Waals surface area contributed by atoms with E-state index in [-0.39, 0.29) is 11.7 Å². The van der Waals surface area contributed by atoms with Gasteiger partial charge in [0.25, 0.3) is 5.91 Å². The van der Waals surface area contributed by atoms with Crippen molar-refractivity contribution in [2.75, 3.05) is 37.7 Å². The van der Waals surface area contributed by atoms with Crippen LogP contribution < -0.4 is 4.90 Å². The number of nitro groups is 1. The summed E-state index contributed by atoms with van der Waals surface area (Å²) in [6.07, 6.45) is 0. The molecule has 1 aliphatic heterocycles. The molecule has 0 aliphatic carbocycles. The van der Waals surface area contributed by atoms with Crippen LogP contribution in [0.2, 0.25) is 0 Å². The second-order valence-electron chi connectivity index (χ2n) is 5.67. The van der Waals surface area contributed by atoms with E-state index in [2.05, 4.69) is 4.90 Å². The van der Waals surface area contributed by atoms with Crippen LogP contribution in [0.15, 0.2) is 46.9 Å². The van der Waals surface area contributed by atoms with E-state index in [4.69, 9.17) is 9.15 Å². The standard InChI is InChI=1S/C17H17N3O6/c21-15(12-25-17(22)14-6-7-16(26-14)20(23)24)19-10-8-18(9-11-19)13-4-2-1-3-5-13/h1-7H,8-12H2. The van der Waals surface area contributed by atoms with Crippen molar-refractivity contribution in [1.29, 1.82) is 0 Å². The lowest BCUT2D eigenvalue weighted by molar-refractivity contribution is -0.402. The van der Waals surface area contributed by atoms with Gasteiger partial charge in [-0.05, 0) is 18.2 Å². The van der Waals surface area contributed by atoms with Crippen molar-refractivity contribution in [3.63, 3.8) is 0 Å². The number of benzene rings is 1. The van der Waals surface area contributed by atoms with Gasteiger partial charge in [0.05, 0.1) is 6.07 Å². The molecule has 1 saturated heterocycles. The number of nitrogens with zero attached hydrogens (tertiary/aromatic N) is 3. The quantitative estimate of drug-likeness (QED) is 0.454. The summed E-state index contributed by atoms with van der Waals surface area (Å²) in [4.78, 5) is 37.5. The maximum atomic E-state index is 12.2. The van der Waals surface area contributed by atoms with Gasteiger partial charge in [-0.2, -0.15) is 0 Å². The fourth-order valence-corrected chi connectivity index (χ4v) is 2.68. The molecule has 1 aromatic carbocycles. The molecule has 1 amide bonds. The lowest BCUT2D eigenvalue weighted by Crippen LogP contribution is -2.49. The second kappa shape index (κ2) is 7.68. The maximum Gasteiger partial charge on any atom is 0.433 e. The van der Waals surface area contributed by atoms with Gasteiger partial charge in [-0.25, -0.2) is 4.79 Å². The summed E-state index contributed by atoms with van der Waals surface area (Å²) in [7, 11) is 0. The molecule has 0 N–H and O–H groups in total. The predicted molar refractivity (Wildman–Crippen MR) is 90.9 cm³/mol. The van der Waals surface area contributed by atoms with Crippen molar-refractivity contribution in [3.8, 4) is 0 Å². The fraction of sp³-hybridized carbons (Fsp3) is 0.294. The van der Waals surface area contributed by atoms with Crippen LogP contribution in [0.3, 0.4) is 0 Å². The first-order valence-corrected chi connectivity index (χ1v) is 8.04. The number of hydrogen-bond acceptors (Lipinski definition) is 7. The van der Waals surface area contributed by atoms with Crippen LogP contribution in [0.5, 0.6) is 0 Å². The molecular weight excluding hydrogens is 342 g/mol. The van der Waals surface area contributed by atoms with Gasteiger partial charge in [0, 0.05) is 31.9 Å². The molecule has 0 saturated carbocycles. The first-order chi connectivity index (χ1) is 12.5. The number of piperazine rings is 1. The Balaban J connectivity index is 1.47. The van der Waals surface area contributed by atoms with Gasteiger partial charge in [-0.1, -0.05) is 18.2 Å². The number of rotatable bonds is 5. The Labute approximate surface area is 148 Å². The zero-order valence-electron chi connectivity index (χ0n) is 13.9. The van der Waals surface area contributed by atoms with Crippen molar-refractivity contribution in [2.24, 2.45) is 0 Å². The first kappa shape index (κ1) is 17.5. The number of carbonyl (C=O) groups is 2. The summed E-state index contributed by atoms with van der Waals surface area (Å²) in [6.45, 7) is 2.00. The van der Waals surface area contributed by atoms with Crippen molar-refractivity contribution in [1.82, 2.24) is 4.90 Å². The molecule has 0 bridgehead atoms. The van der Waals surface area contributed by atoms with Crippen LogP contribution in [0, 0.1) is 10.1 Å². The predicted octanol–water partition coefficient (Wildman–Crippen LogP) is 1.69. The number of anilines is 1. The molecule has 136 valence electrons. The smallest absolute Gasteiger partial charge is 0.433 e. The summed E-state index contributed by atoms with van der Waals surface area (Å²) in [5.41, 5.74) is 1.10. The molecule has 9 heteroatoms. The third kappa shape index (κ3) is 4.00. The number of hydrogen-bond donors (Lipinski definition) is 0. The molecule has 0 spiro atoms. The van der Waals surface area contributed by atoms with E-state index in [0.717, 1.165) is 17.8 Å². The molecule has 1 aliphatic rings. The van der Waals surface area contributed by atoms with Gasteiger partial charge in [-0.3, -0.25) is 14.9 Å².